The summed E-state index contributed by atoms with van der Waals surface area (Å²) >= 11 is 1.70. The third-order valence-corrected chi connectivity index (χ3v) is 5.23. The zero-order valence-electron chi connectivity index (χ0n) is 11.9. The van der Waals surface area contributed by atoms with Crippen molar-refractivity contribution < 1.29 is 4.74 Å². The summed E-state index contributed by atoms with van der Waals surface area (Å²) in [4.78, 5) is 5.65. The first kappa shape index (κ1) is 13.8. The molecule has 1 aliphatic carbocycles. The van der Waals surface area contributed by atoms with Crippen molar-refractivity contribution in [3.8, 4) is 0 Å². The first-order valence-electron chi connectivity index (χ1n) is 6.76. The van der Waals surface area contributed by atoms with E-state index in [2.05, 4.69) is 25.8 Å². The smallest absolute Gasteiger partial charge is 0.137 e. The summed E-state index contributed by atoms with van der Waals surface area (Å²) in [5.41, 5.74) is 6.15. The highest BCUT2D eigenvalue weighted by molar-refractivity contribution is 7.12. The van der Waals surface area contributed by atoms with E-state index < -0.39 is 0 Å². The number of rotatable bonds is 3. The summed E-state index contributed by atoms with van der Waals surface area (Å²) in [7, 11) is 0. The average Bonchev–Trinajstić information content (AvgIpc) is 2.64. The van der Waals surface area contributed by atoms with Crippen molar-refractivity contribution in [2.45, 2.75) is 59.0 Å². The Morgan fingerprint density at radius 1 is 1.28 bits per heavy atom. The number of aryl methyl sites for hydroxylation is 1. The van der Waals surface area contributed by atoms with Gasteiger partial charge in [0.15, 0.2) is 0 Å². The van der Waals surface area contributed by atoms with E-state index in [9.17, 15) is 0 Å². The van der Waals surface area contributed by atoms with Crippen LogP contribution in [0.15, 0.2) is 0 Å². The van der Waals surface area contributed by atoms with Crippen LogP contribution >= 0.6 is 11.3 Å². The monoisotopic (exact) mass is 268 g/mol. The molecule has 1 heterocycles. The van der Waals surface area contributed by atoms with Crippen LogP contribution in [-0.4, -0.2) is 11.6 Å². The lowest BCUT2D eigenvalue weighted by molar-refractivity contribution is -0.0889. The van der Waals surface area contributed by atoms with Crippen LogP contribution in [0, 0.1) is 12.3 Å². The normalized spacial score (nSPS) is 22.0. The summed E-state index contributed by atoms with van der Waals surface area (Å²) in [6.45, 7) is 9.50. The van der Waals surface area contributed by atoms with Gasteiger partial charge in [-0.05, 0) is 44.9 Å². The second-order valence-corrected chi connectivity index (χ2v) is 7.26. The number of ether oxygens (including phenoxy) is 1. The van der Waals surface area contributed by atoms with Crippen LogP contribution in [0.5, 0.6) is 0 Å². The number of hydrogen-bond donors (Lipinski definition) is 1. The fourth-order valence-electron chi connectivity index (χ4n) is 2.63. The number of anilines is 1. The lowest BCUT2D eigenvalue weighted by Crippen LogP contribution is -2.37. The summed E-state index contributed by atoms with van der Waals surface area (Å²) in [6.07, 6.45) is 4.48. The predicted octanol–water partition coefficient (Wildman–Crippen LogP) is 3.87. The fraction of sp³-hybridized carbons (Fsp3) is 0.786. The third-order valence-electron chi connectivity index (χ3n) is 4.05. The van der Waals surface area contributed by atoms with E-state index in [1.54, 1.807) is 11.3 Å². The summed E-state index contributed by atoms with van der Waals surface area (Å²) in [5.74, 6) is 0.666. The van der Waals surface area contributed by atoms with Crippen LogP contribution < -0.4 is 5.73 Å². The second kappa shape index (κ2) is 4.82. The number of nitrogens with zero attached hydrogens (tertiary/aromatic N) is 1. The highest BCUT2D eigenvalue weighted by Crippen LogP contribution is 2.48. The topological polar surface area (TPSA) is 48.1 Å². The Kier molecular flexibility index (Phi) is 3.70. The Labute approximate surface area is 114 Å². The molecule has 2 N–H and O–H groups in total. The van der Waals surface area contributed by atoms with Gasteiger partial charge in [0.2, 0.25) is 0 Å². The molecule has 1 aromatic heterocycles. The van der Waals surface area contributed by atoms with Crippen molar-refractivity contribution in [3.05, 3.63) is 9.88 Å². The van der Waals surface area contributed by atoms with Crippen LogP contribution in [0.25, 0.3) is 0 Å². The minimum Gasteiger partial charge on any atom is -0.383 e. The Morgan fingerprint density at radius 2 is 1.89 bits per heavy atom. The number of thiazole rings is 1. The molecule has 1 aromatic rings. The minimum absolute atomic E-state index is 0.183. The van der Waals surface area contributed by atoms with Gasteiger partial charge in [-0.25, -0.2) is 4.98 Å². The molecule has 1 aliphatic rings. The molecule has 0 unspecified atom stereocenters. The number of hydrogen-bond acceptors (Lipinski definition) is 4. The lowest BCUT2D eigenvalue weighted by atomic mass is 9.71. The highest BCUT2D eigenvalue weighted by atomic mass is 32.1. The van der Waals surface area contributed by atoms with Crippen molar-refractivity contribution in [1.29, 1.82) is 0 Å². The zero-order chi connectivity index (χ0) is 13.4. The van der Waals surface area contributed by atoms with Crippen LogP contribution in [0.4, 0.5) is 5.82 Å². The third kappa shape index (κ3) is 2.54. The molecule has 2 rings (SSSR count). The first-order chi connectivity index (χ1) is 8.38. The van der Waals surface area contributed by atoms with Gasteiger partial charge in [0, 0.05) is 11.5 Å². The van der Waals surface area contributed by atoms with Crippen LogP contribution in [-0.2, 0) is 10.3 Å². The van der Waals surface area contributed by atoms with Crippen LogP contribution in [0.2, 0.25) is 0 Å². The van der Waals surface area contributed by atoms with Crippen molar-refractivity contribution in [3.63, 3.8) is 0 Å². The van der Waals surface area contributed by atoms with E-state index in [0.29, 0.717) is 11.2 Å². The molecule has 0 amide bonds. The molecule has 3 nitrogen and oxygen atoms in total. The molecule has 1 saturated carbocycles. The summed E-state index contributed by atoms with van der Waals surface area (Å²) < 4.78 is 6.11. The molecule has 0 spiro atoms. The van der Waals surface area contributed by atoms with Crippen molar-refractivity contribution in [2.75, 3.05) is 12.3 Å². The Hall–Kier alpha value is -0.610. The zero-order valence-corrected chi connectivity index (χ0v) is 12.7. The van der Waals surface area contributed by atoms with Gasteiger partial charge in [-0.15, -0.1) is 11.3 Å². The van der Waals surface area contributed by atoms with E-state index in [4.69, 9.17) is 10.5 Å². The number of aromatic nitrogens is 1. The fourth-order valence-corrected chi connectivity index (χ4v) is 3.66. The molecule has 0 atom stereocenters. The van der Waals surface area contributed by atoms with Crippen molar-refractivity contribution in [2.24, 2.45) is 5.41 Å². The Morgan fingerprint density at radius 3 is 2.33 bits per heavy atom. The number of nitrogen functional groups attached to an aromatic ring is 1. The van der Waals surface area contributed by atoms with E-state index in [1.807, 2.05) is 6.92 Å². The maximum absolute atomic E-state index is 6.11. The lowest BCUT2D eigenvalue weighted by Gasteiger charge is -2.42. The Balaban J connectivity index is 2.28. The van der Waals surface area contributed by atoms with E-state index in [-0.39, 0.29) is 5.60 Å². The average molecular weight is 268 g/mol. The van der Waals surface area contributed by atoms with Gasteiger partial charge >= 0.3 is 0 Å². The SMILES string of the molecule is CCOC1(c2nc(N)c(C)s2)CCC(C)(C)CC1. The summed E-state index contributed by atoms with van der Waals surface area (Å²) in [6, 6.07) is 0. The highest BCUT2D eigenvalue weighted by Gasteiger charge is 2.42. The standard InChI is InChI=1S/C14H24N2OS/c1-5-17-14(8-6-13(3,4)7-9-14)12-16-11(15)10(2)18-12/h5-9,15H2,1-4H3. The van der Waals surface area contributed by atoms with E-state index >= 15 is 0 Å². The molecular weight excluding hydrogens is 244 g/mol. The van der Waals surface area contributed by atoms with E-state index in [1.165, 1.54) is 12.8 Å². The maximum atomic E-state index is 6.11. The first-order valence-corrected chi connectivity index (χ1v) is 7.57. The van der Waals surface area contributed by atoms with E-state index in [0.717, 1.165) is 29.3 Å². The van der Waals surface area contributed by atoms with Gasteiger partial charge in [0.1, 0.15) is 16.4 Å². The van der Waals surface area contributed by atoms with Gasteiger partial charge in [0.05, 0.1) is 0 Å². The van der Waals surface area contributed by atoms with Gasteiger partial charge < -0.3 is 10.5 Å². The molecule has 0 bridgehead atoms. The predicted molar refractivity (Wildman–Crippen MR) is 76.8 cm³/mol. The van der Waals surface area contributed by atoms with Gasteiger partial charge in [0.25, 0.3) is 0 Å². The molecular formula is C14H24N2OS. The van der Waals surface area contributed by atoms with Gasteiger partial charge in [-0.1, -0.05) is 13.8 Å². The van der Waals surface area contributed by atoms with Gasteiger partial charge in [-0.3, -0.25) is 0 Å². The minimum atomic E-state index is -0.183. The van der Waals surface area contributed by atoms with Crippen molar-refractivity contribution in [1.82, 2.24) is 4.98 Å². The molecule has 102 valence electrons. The quantitative estimate of drug-likeness (QED) is 0.905. The molecule has 4 heteroatoms. The molecule has 0 saturated heterocycles. The molecule has 1 fully saturated rings. The maximum Gasteiger partial charge on any atom is 0.137 e. The molecule has 0 radical (unpaired) electrons. The Bertz CT molecular complexity index is 396. The largest absolute Gasteiger partial charge is 0.383 e. The van der Waals surface area contributed by atoms with Crippen molar-refractivity contribution >= 4 is 17.2 Å². The summed E-state index contributed by atoms with van der Waals surface area (Å²) in [5, 5.41) is 1.08. The molecule has 18 heavy (non-hydrogen) atoms. The van der Waals surface area contributed by atoms with Crippen LogP contribution in [0.1, 0.15) is 56.3 Å². The molecule has 0 aromatic carbocycles. The molecule has 0 aliphatic heterocycles. The van der Waals surface area contributed by atoms with Crippen LogP contribution in [0.3, 0.4) is 0 Å². The number of nitrogens with two attached hydrogens (primary N) is 1. The van der Waals surface area contributed by atoms with Gasteiger partial charge in [-0.2, -0.15) is 0 Å². The second-order valence-electron chi connectivity index (χ2n) is 6.05.